The molecule has 126 valence electrons. The average Bonchev–Trinajstić information content (AvgIpc) is 2.94. The molecule has 25 heavy (non-hydrogen) atoms. The SMILES string of the molecule is O=C1C[C@H](C(=O)Nc2ccc(F)cc2F)n2c(nc3ccccc32)N1. The fourth-order valence-corrected chi connectivity index (χ4v) is 2.91. The van der Waals surface area contributed by atoms with Crippen molar-refractivity contribution in [2.45, 2.75) is 12.5 Å². The molecule has 4 rings (SSSR count). The predicted molar refractivity (Wildman–Crippen MR) is 87.0 cm³/mol. The molecule has 0 aliphatic carbocycles. The summed E-state index contributed by atoms with van der Waals surface area (Å²) in [6, 6.07) is 9.11. The van der Waals surface area contributed by atoms with E-state index in [1.165, 1.54) is 0 Å². The number of amides is 2. The van der Waals surface area contributed by atoms with Gasteiger partial charge in [0.05, 0.1) is 23.1 Å². The Kier molecular flexibility index (Phi) is 3.45. The summed E-state index contributed by atoms with van der Waals surface area (Å²) in [5.41, 5.74) is 1.16. The van der Waals surface area contributed by atoms with Crippen LogP contribution in [0.25, 0.3) is 11.0 Å². The maximum absolute atomic E-state index is 13.8. The molecule has 2 heterocycles. The van der Waals surface area contributed by atoms with Gasteiger partial charge in [0, 0.05) is 6.07 Å². The number of hydrogen-bond acceptors (Lipinski definition) is 3. The average molecular weight is 342 g/mol. The monoisotopic (exact) mass is 342 g/mol. The molecule has 2 amide bonds. The van der Waals surface area contributed by atoms with Crippen LogP contribution in [0.4, 0.5) is 20.4 Å². The van der Waals surface area contributed by atoms with Crippen LogP contribution in [0.2, 0.25) is 0 Å². The summed E-state index contributed by atoms with van der Waals surface area (Å²) in [6.45, 7) is 0. The van der Waals surface area contributed by atoms with Crippen LogP contribution < -0.4 is 10.6 Å². The first kappa shape index (κ1) is 15.3. The first-order valence-electron chi connectivity index (χ1n) is 7.55. The Hall–Kier alpha value is -3.29. The van der Waals surface area contributed by atoms with Crippen molar-refractivity contribution < 1.29 is 18.4 Å². The zero-order valence-corrected chi connectivity index (χ0v) is 12.8. The largest absolute Gasteiger partial charge is 0.322 e. The molecule has 0 radical (unpaired) electrons. The van der Waals surface area contributed by atoms with Crippen LogP contribution in [-0.4, -0.2) is 21.4 Å². The third-order valence-electron chi connectivity index (χ3n) is 4.03. The van der Waals surface area contributed by atoms with Crippen molar-refractivity contribution in [3.05, 3.63) is 54.1 Å². The van der Waals surface area contributed by atoms with Crippen molar-refractivity contribution in [3.63, 3.8) is 0 Å². The van der Waals surface area contributed by atoms with Gasteiger partial charge in [-0.25, -0.2) is 13.8 Å². The van der Waals surface area contributed by atoms with Gasteiger partial charge in [0.15, 0.2) is 0 Å². The smallest absolute Gasteiger partial charge is 0.248 e. The standard InChI is InChI=1S/C17H12F2N4O2/c18-9-5-6-11(10(19)7-9)20-16(25)14-8-15(24)22-17-21-12-3-1-2-4-13(12)23(14)17/h1-7,14H,8H2,(H,20,25)(H,21,22,24)/t14-/m1/s1. The summed E-state index contributed by atoms with van der Waals surface area (Å²) in [6.07, 6.45) is -0.109. The number of benzene rings is 2. The van der Waals surface area contributed by atoms with Crippen LogP contribution in [0.3, 0.4) is 0 Å². The molecule has 2 N–H and O–H groups in total. The molecule has 1 aliphatic rings. The molecule has 0 unspecified atom stereocenters. The minimum Gasteiger partial charge on any atom is -0.322 e. The molecule has 0 spiro atoms. The summed E-state index contributed by atoms with van der Waals surface area (Å²) in [4.78, 5) is 28.9. The van der Waals surface area contributed by atoms with Crippen molar-refractivity contribution in [1.29, 1.82) is 0 Å². The van der Waals surface area contributed by atoms with Crippen molar-refractivity contribution in [2.75, 3.05) is 10.6 Å². The molecule has 2 aromatic carbocycles. The van der Waals surface area contributed by atoms with Crippen LogP contribution in [0.15, 0.2) is 42.5 Å². The molecule has 1 aliphatic heterocycles. The van der Waals surface area contributed by atoms with Gasteiger partial charge >= 0.3 is 0 Å². The minimum absolute atomic E-state index is 0.109. The Morgan fingerprint density at radius 1 is 1.24 bits per heavy atom. The second-order valence-corrected chi connectivity index (χ2v) is 5.68. The topological polar surface area (TPSA) is 76.0 Å². The number of halogens is 2. The fraction of sp³-hybridized carbons (Fsp3) is 0.118. The number of carbonyl (C=O) groups excluding carboxylic acids is 2. The number of anilines is 2. The number of rotatable bonds is 2. The Labute approximate surface area is 140 Å². The number of aromatic nitrogens is 2. The maximum Gasteiger partial charge on any atom is 0.248 e. The van der Waals surface area contributed by atoms with Gasteiger partial charge in [-0.1, -0.05) is 12.1 Å². The molecule has 0 bridgehead atoms. The highest BCUT2D eigenvalue weighted by atomic mass is 19.1. The van der Waals surface area contributed by atoms with Crippen LogP contribution in [0.5, 0.6) is 0 Å². The Morgan fingerprint density at radius 3 is 2.84 bits per heavy atom. The van der Waals surface area contributed by atoms with Crippen LogP contribution >= 0.6 is 0 Å². The number of fused-ring (bicyclic) bond motifs is 3. The molecule has 0 fully saturated rings. The van der Waals surface area contributed by atoms with E-state index in [4.69, 9.17) is 0 Å². The van der Waals surface area contributed by atoms with E-state index < -0.39 is 23.6 Å². The predicted octanol–water partition coefficient (Wildman–Crippen LogP) is 2.84. The van der Waals surface area contributed by atoms with Crippen LogP contribution in [0, 0.1) is 11.6 Å². The van der Waals surface area contributed by atoms with E-state index in [-0.39, 0.29) is 24.0 Å². The van der Waals surface area contributed by atoms with Crippen molar-refractivity contribution >= 4 is 34.5 Å². The zero-order chi connectivity index (χ0) is 17.6. The fourth-order valence-electron chi connectivity index (χ4n) is 2.91. The number of para-hydroxylation sites is 2. The van der Waals surface area contributed by atoms with Gasteiger partial charge in [-0.15, -0.1) is 0 Å². The highest BCUT2D eigenvalue weighted by molar-refractivity contribution is 6.03. The lowest BCUT2D eigenvalue weighted by atomic mass is 10.1. The number of nitrogens with one attached hydrogen (secondary N) is 2. The van der Waals surface area contributed by atoms with Gasteiger partial charge in [-0.2, -0.15) is 0 Å². The lowest BCUT2D eigenvalue weighted by Crippen LogP contribution is -2.35. The molecule has 1 aromatic heterocycles. The molecule has 3 aromatic rings. The van der Waals surface area contributed by atoms with Crippen LogP contribution in [-0.2, 0) is 9.59 Å². The van der Waals surface area contributed by atoms with Gasteiger partial charge in [-0.3, -0.25) is 19.5 Å². The molecule has 0 saturated heterocycles. The lowest BCUT2D eigenvalue weighted by molar-refractivity contribution is -0.124. The quantitative estimate of drug-likeness (QED) is 0.752. The normalized spacial score (nSPS) is 16.4. The third-order valence-corrected chi connectivity index (χ3v) is 4.03. The van der Waals surface area contributed by atoms with E-state index in [1.54, 1.807) is 28.8 Å². The van der Waals surface area contributed by atoms with E-state index in [0.717, 1.165) is 12.1 Å². The van der Waals surface area contributed by atoms with Crippen LogP contribution in [0.1, 0.15) is 12.5 Å². The van der Waals surface area contributed by atoms with E-state index in [9.17, 15) is 18.4 Å². The highest BCUT2D eigenvalue weighted by Crippen LogP contribution is 2.31. The van der Waals surface area contributed by atoms with E-state index in [1.807, 2.05) is 0 Å². The summed E-state index contributed by atoms with van der Waals surface area (Å²) in [5, 5.41) is 5.04. The second kappa shape index (κ2) is 5.66. The van der Waals surface area contributed by atoms with E-state index in [0.29, 0.717) is 17.1 Å². The van der Waals surface area contributed by atoms with E-state index in [2.05, 4.69) is 15.6 Å². The molecule has 1 atom stereocenters. The Bertz CT molecular complexity index is 1020. The first-order chi connectivity index (χ1) is 12.0. The summed E-state index contributed by atoms with van der Waals surface area (Å²) < 4.78 is 28.4. The number of imidazole rings is 1. The molecular weight excluding hydrogens is 330 g/mol. The molecular formula is C17H12F2N4O2. The Balaban J connectivity index is 1.73. The number of nitrogens with zero attached hydrogens (tertiary/aromatic N) is 2. The number of carbonyl (C=O) groups is 2. The van der Waals surface area contributed by atoms with Crippen molar-refractivity contribution in [2.24, 2.45) is 0 Å². The van der Waals surface area contributed by atoms with E-state index >= 15 is 0 Å². The molecule has 6 nitrogen and oxygen atoms in total. The van der Waals surface area contributed by atoms with Gasteiger partial charge in [0.2, 0.25) is 17.8 Å². The first-order valence-corrected chi connectivity index (χ1v) is 7.55. The second-order valence-electron chi connectivity index (χ2n) is 5.68. The summed E-state index contributed by atoms with van der Waals surface area (Å²) in [7, 11) is 0. The lowest BCUT2D eigenvalue weighted by Gasteiger charge is -2.25. The van der Waals surface area contributed by atoms with Crippen molar-refractivity contribution in [3.8, 4) is 0 Å². The Morgan fingerprint density at radius 2 is 2.04 bits per heavy atom. The third kappa shape index (κ3) is 2.61. The van der Waals surface area contributed by atoms with Gasteiger partial charge in [-0.05, 0) is 24.3 Å². The zero-order valence-electron chi connectivity index (χ0n) is 12.8. The highest BCUT2D eigenvalue weighted by Gasteiger charge is 2.33. The molecule has 8 heteroatoms. The number of hydrogen-bond donors (Lipinski definition) is 2. The van der Waals surface area contributed by atoms with Gasteiger partial charge in [0.25, 0.3) is 0 Å². The summed E-state index contributed by atoms with van der Waals surface area (Å²) >= 11 is 0. The maximum atomic E-state index is 13.8. The van der Waals surface area contributed by atoms with Crippen molar-refractivity contribution in [1.82, 2.24) is 9.55 Å². The minimum atomic E-state index is -0.888. The van der Waals surface area contributed by atoms with Gasteiger partial charge < -0.3 is 5.32 Å². The summed E-state index contributed by atoms with van der Waals surface area (Å²) in [5.74, 6) is -2.30. The molecule has 0 saturated carbocycles. The van der Waals surface area contributed by atoms with Gasteiger partial charge in [0.1, 0.15) is 17.7 Å².